The van der Waals surface area contributed by atoms with Gasteiger partial charge < -0.3 is 4.74 Å². The van der Waals surface area contributed by atoms with Crippen LogP contribution in [0, 0.1) is 0 Å². The van der Waals surface area contributed by atoms with E-state index in [2.05, 4.69) is 0 Å². The van der Waals surface area contributed by atoms with Crippen LogP contribution in [0.4, 0.5) is 0 Å². The maximum atomic E-state index is 10.8. The van der Waals surface area contributed by atoms with Crippen LogP contribution in [0.1, 0.15) is 5.56 Å². The topological polar surface area (TPSA) is 29.1 Å². The van der Waals surface area contributed by atoms with Gasteiger partial charge in [-0.25, -0.2) is 0 Å². The fourth-order valence-electron chi connectivity index (χ4n) is 1.09. The van der Waals surface area contributed by atoms with E-state index in [1.807, 2.05) is 12.2 Å². The molecule has 0 saturated heterocycles. The van der Waals surface area contributed by atoms with E-state index in [0.29, 0.717) is 12.4 Å². The summed E-state index contributed by atoms with van der Waals surface area (Å²) in [6.45, 7) is 0.566. The van der Waals surface area contributed by atoms with Crippen molar-refractivity contribution in [1.82, 2.24) is 0 Å². The van der Waals surface area contributed by atoms with Gasteiger partial charge in [0.05, 0.1) is 0 Å². The SMILES string of the molecule is [O]c1ccc2c(c1)OCC=C2. The molecule has 1 aromatic rings. The third-order valence-electron chi connectivity index (χ3n) is 1.62. The molecule has 0 N–H and O–H groups in total. The van der Waals surface area contributed by atoms with Crippen LogP contribution in [0.2, 0.25) is 0 Å². The average Bonchev–Trinajstić information content (AvgIpc) is 2.04. The molecule has 0 aromatic heterocycles. The summed E-state index contributed by atoms with van der Waals surface area (Å²) in [6.07, 6.45) is 3.88. The van der Waals surface area contributed by atoms with Gasteiger partial charge in [-0.1, -0.05) is 6.08 Å². The summed E-state index contributed by atoms with van der Waals surface area (Å²) < 4.78 is 5.22. The van der Waals surface area contributed by atoms with Crippen LogP contribution < -0.4 is 4.74 Å². The van der Waals surface area contributed by atoms with Gasteiger partial charge in [-0.2, -0.15) is 0 Å². The molecule has 0 unspecified atom stereocenters. The Morgan fingerprint density at radius 1 is 1.36 bits per heavy atom. The van der Waals surface area contributed by atoms with E-state index in [4.69, 9.17) is 4.74 Å². The molecule has 1 aromatic carbocycles. The first-order valence-corrected chi connectivity index (χ1v) is 3.47. The number of ether oxygens (including phenoxy) is 1. The normalized spacial score (nSPS) is 13.8. The van der Waals surface area contributed by atoms with Crippen molar-refractivity contribution in [1.29, 1.82) is 0 Å². The Bertz CT molecular complexity index is 302. The molecule has 55 valence electrons. The maximum absolute atomic E-state index is 10.8. The Hall–Kier alpha value is -1.44. The lowest BCUT2D eigenvalue weighted by Gasteiger charge is -2.10. The Labute approximate surface area is 64.7 Å². The molecule has 2 rings (SSSR count). The first-order chi connectivity index (χ1) is 5.36. The van der Waals surface area contributed by atoms with Crippen LogP contribution >= 0.6 is 0 Å². The van der Waals surface area contributed by atoms with Crippen molar-refractivity contribution in [2.75, 3.05) is 6.61 Å². The van der Waals surface area contributed by atoms with Gasteiger partial charge in [0.1, 0.15) is 12.4 Å². The monoisotopic (exact) mass is 147 g/mol. The van der Waals surface area contributed by atoms with Crippen LogP contribution in [0.25, 0.3) is 6.08 Å². The molecular formula is C9H7O2. The molecule has 1 heterocycles. The third kappa shape index (κ3) is 1.07. The minimum absolute atomic E-state index is 0.000880. The van der Waals surface area contributed by atoms with E-state index >= 15 is 0 Å². The lowest BCUT2D eigenvalue weighted by molar-refractivity contribution is 0.336. The Morgan fingerprint density at radius 2 is 2.27 bits per heavy atom. The molecule has 1 aliphatic rings. The van der Waals surface area contributed by atoms with Crippen molar-refractivity contribution in [3.8, 4) is 11.5 Å². The number of hydrogen-bond donors (Lipinski definition) is 0. The maximum Gasteiger partial charge on any atom is 0.182 e. The fourth-order valence-corrected chi connectivity index (χ4v) is 1.09. The van der Waals surface area contributed by atoms with Crippen molar-refractivity contribution in [2.24, 2.45) is 0 Å². The molecule has 0 amide bonds. The Kier molecular flexibility index (Phi) is 1.32. The highest BCUT2D eigenvalue weighted by molar-refractivity contribution is 5.60. The first kappa shape index (κ1) is 6.28. The van der Waals surface area contributed by atoms with E-state index < -0.39 is 0 Å². The first-order valence-electron chi connectivity index (χ1n) is 3.47. The average molecular weight is 147 g/mol. The molecule has 0 aliphatic carbocycles. The van der Waals surface area contributed by atoms with Crippen LogP contribution in [-0.2, 0) is 5.11 Å². The highest BCUT2D eigenvalue weighted by Gasteiger charge is 2.05. The molecule has 1 radical (unpaired) electrons. The fraction of sp³-hybridized carbons (Fsp3) is 0.111. The summed E-state index contributed by atoms with van der Waals surface area (Å²) in [5.41, 5.74) is 0.982. The molecule has 1 aliphatic heterocycles. The third-order valence-corrected chi connectivity index (χ3v) is 1.62. The van der Waals surface area contributed by atoms with Gasteiger partial charge in [0.15, 0.2) is 5.75 Å². The summed E-state index contributed by atoms with van der Waals surface area (Å²) in [6, 6.07) is 4.82. The van der Waals surface area contributed by atoms with Crippen molar-refractivity contribution >= 4 is 6.08 Å². The van der Waals surface area contributed by atoms with Crippen molar-refractivity contribution < 1.29 is 9.84 Å². The van der Waals surface area contributed by atoms with Crippen molar-refractivity contribution in [3.05, 3.63) is 29.8 Å². The summed E-state index contributed by atoms with van der Waals surface area (Å²) in [7, 11) is 0. The molecule has 0 fully saturated rings. The molecule has 2 heteroatoms. The summed E-state index contributed by atoms with van der Waals surface area (Å²) in [5.74, 6) is 0.694. The van der Waals surface area contributed by atoms with Gasteiger partial charge in [0.2, 0.25) is 0 Å². The van der Waals surface area contributed by atoms with E-state index in [-0.39, 0.29) is 5.75 Å². The van der Waals surface area contributed by atoms with E-state index in [1.165, 1.54) is 12.1 Å². The van der Waals surface area contributed by atoms with Crippen molar-refractivity contribution in [2.45, 2.75) is 0 Å². The van der Waals surface area contributed by atoms with E-state index in [0.717, 1.165) is 5.56 Å². The minimum atomic E-state index is -0.000880. The largest absolute Gasteiger partial charge is 0.489 e. The lowest BCUT2D eigenvalue weighted by atomic mass is 10.1. The molecular weight excluding hydrogens is 140 g/mol. The molecule has 0 spiro atoms. The van der Waals surface area contributed by atoms with Crippen LogP contribution in [-0.4, -0.2) is 6.61 Å². The van der Waals surface area contributed by atoms with Crippen LogP contribution in [0.5, 0.6) is 11.5 Å². The lowest BCUT2D eigenvalue weighted by Crippen LogP contribution is -1.99. The van der Waals surface area contributed by atoms with Gasteiger partial charge in [-0.05, 0) is 18.2 Å². The zero-order valence-electron chi connectivity index (χ0n) is 5.91. The van der Waals surface area contributed by atoms with Gasteiger partial charge in [-0.15, -0.1) is 0 Å². The van der Waals surface area contributed by atoms with E-state index in [1.54, 1.807) is 6.07 Å². The highest BCUT2D eigenvalue weighted by atomic mass is 16.5. The van der Waals surface area contributed by atoms with Crippen LogP contribution in [0.3, 0.4) is 0 Å². The van der Waals surface area contributed by atoms with Gasteiger partial charge >= 0.3 is 0 Å². The van der Waals surface area contributed by atoms with Gasteiger partial charge in [-0.3, -0.25) is 5.11 Å². The van der Waals surface area contributed by atoms with Crippen molar-refractivity contribution in [3.63, 3.8) is 0 Å². The second-order valence-electron chi connectivity index (χ2n) is 2.41. The minimum Gasteiger partial charge on any atom is -0.489 e. The molecule has 0 bridgehead atoms. The number of hydrogen-bond acceptors (Lipinski definition) is 1. The zero-order chi connectivity index (χ0) is 7.68. The summed E-state index contributed by atoms with van der Waals surface area (Å²) in [5, 5.41) is 10.8. The molecule has 2 nitrogen and oxygen atoms in total. The van der Waals surface area contributed by atoms with Crippen LogP contribution in [0.15, 0.2) is 24.3 Å². The molecule has 0 atom stereocenters. The second kappa shape index (κ2) is 2.31. The quantitative estimate of drug-likeness (QED) is 0.553. The van der Waals surface area contributed by atoms with E-state index in [9.17, 15) is 5.11 Å². The number of benzene rings is 1. The predicted molar refractivity (Wildman–Crippen MR) is 41.1 cm³/mol. The smallest absolute Gasteiger partial charge is 0.182 e. The second-order valence-corrected chi connectivity index (χ2v) is 2.41. The summed E-state index contributed by atoms with van der Waals surface area (Å²) >= 11 is 0. The van der Waals surface area contributed by atoms with Gasteiger partial charge in [0, 0.05) is 11.6 Å². The predicted octanol–water partition coefficient (Wildman–Crippen LogP) is 2.24. The number of fused-ring (bicyclic) bond motifs is 1. The Balaban J connectivity index is 2.53. The van der Waals surface area contributed by atoms with Gasteiger partial charge in [0.25, 0.3) is 0 Å². The molecule has 11 heavy (non-hydrogen) atoms. The zero-order valence-corrected chi connectivity index (χ0v) is 5.91. The summed E-state index contributed by atoms with van der Waals surface area (Å²) in [4.78, 5) is 0. The number of rotatable bonds is 0. The standard InChI is InChI=1S/C9H7O2/c10-8-4-3-7-2-1-5-11-9(7)6-8/h1-4,6H,5H2. The Morgan fingerprint density at radius 3 is 3.18 bits per heavy atom. The molecule has 0 saturated carbocycles. The highest BCUT2D eigenvalue weighted by Crippen LogP contribution is 2.27.